The number of halogens is 1. The number of alkyl halides is 1. The Morgan fingerprint density at radius 2 is 2.12 bits per heavy atom. The Morgan fingerprint density at radius 3 is 2.79 bits per heavy atom. The monoisotopic (exact) mass is 327 g/mol. The summed E-state index contributed by atoms with van der Waals surface area (Å²) in [6, 6.07) is 8.73. The molecule has 0 spiro atoms. The van der Waals surface area contributed by atoms with Crippen molar-refractivity contribution in [1.82, 2.24) is 10.2 Å². The zero-order valence-electron chi connectivity index (χ0n) is 13.1. The van der Waals surface area contributed by atoms with Crippen LogP contribution in [0.3, 0.4) is 0 Å². The molecule has 3 atom stereocenters. The van der Waals surface area contributed by atoms with Crippen LogP contribution in [0, 0.1) is 22.7 Å². The van der Waals surface area contributed by atoms with E-state index >= 15 is 0 Å². The van der Waals surface area contributed by atoms with Gasteiger partial charge in [0, 0.05) is 24.8 Å². The van der Waals surface area contributed by atoms with Gasteiger partial charge in [-0.15, -0.1) is 0 Å². The molecule has 0 bridgehead atoms. The first-order chi connectivity index (χ1) is 11.6. The van der Waals surface area contributed by atoms with E-state index in [1.165, 1.54) is 0 Å². The highest BCUT2D eigenvalue weighted by molar-refractivity contribution is 5.82. The number of benzene rings is 1. The quantitative estimate of drug-likeness (QED) is 0.869. The summed E-state index contributed by atoms with van der Waals surface area (Å²) in [7, 11) is 0. The van der Waals surface area contributed by atoms with Gasteiger partial charge in [0.2, 0.25) is 5.91 Å². The third kappa shape index (κ3) is 3.32. The highest BCUT2D eigenvalue weighted by Gasteiger charge is 2.35. The molecule has 2 fully saturated rings. The van der Waals surface area contributed by atoms with Crippen LogP contribution < -0.4 is 10.6 Å². The summed E-state index contributed by atoms with van der Waals surface area (Å²) in [4.78, 5) is 13.9. The minimum atomic E-state index is -0.910. The molecule has 2 aliphatic rings. The summed E-state index contributed by atoms with van der Waals surface area (Å²) < 4.78 is 13.2. The van der Waals surface area contributed by atoms with E-state index in [4.69, 9.17) is 10.5 Å². The molecule has 2 heterocycles. The molecule has 3 rings (SSSR count). The van der Waals surface area contributed by atoms with Gasteiger partial charge in [0.1, 0.15) is 18.3 Å². The zero-order valence-corrected chi connectivity index (χ0v) is 13.1. The molecule has 0 aromatic heterocycles. The summed E-state index contributed by atoms with van der Waals surface area (Å²) in [5.74, 6) is -0.0445. The second-order valence-electron chi connectivity index (χ2n) is 6.19. The molecule has 6 nitrogen and oxygen atoms in total. The van der Waals surface area contributed by atoms with Crippen LogP contribution in [-0.2, 0) is 4.79 Å². The Balaban J connectivity index is 1.60. The Kier molecular flexibility index (Phi) is 4.64. The zero-order chi connectivity index (χ0) is 17.1. The number of carbonyl (C=O) groups excluding carboxylic acids is 1. The Morgan fingerprint density at radius 1 is 1.33 bits per heavy atom. The molecule has 0 aliphatic carbocycles. The van der Waals surface area contributed by atoms with Gasteiger partial charge in [0.25, 0.3) is 0 Å². The molecule has 1 amide bonds. The van der Waals surface area contributed by atoms with E-state index in [9.17, 15) is 9.18 Å². The van der Waals surface area contributed by atoms with Crippen LogP contribution >= 0.6 is 0 Å². The first-order valence-corrected chi connectivity index (χ1v) is 7.97. The van der Waals surface area contributed by atoms with Crippen LogP contribution in [0.25, 0.3) is 0 Å². The molecule has 1 aromatic rings. The Hall–Kier alpha value is -2.64. The molecule has 1 unspecified atom stereocenters. The molecule has 2 aliphatic heterocycles. The lowest BCUT2D eigenvalue weighted by Crippen LogP contribution is -2.42. The average molecular weight is 327 g/mol. The van der Waals surface area contributed by atoms with Crippen molar-refractivity contribution in [1.29, 1.82) is 10.5 Å². The molecule has 7 heteroatoms. The van der Waals surface area contributed by atoms with Crippen molar-refractivity contribution in [2.24, 2.45) is 0 Å². The number of rotatable bonds is 3. The summed E-state index contributed by atoms with van der Waals surface area (Å²) in [6.45, 7) is 1.29. The molecule has 124 valence electrons. The van der Waals surface area contributed by atoms with Gasteiger partial charge in [-0.05, 0) is 31.0 Å². The number of nitriles is 2. The standard InChI is InChI=1S/C17H18FN5O/c18-13-3-4-23(10-13)17(24)16-6-15(9-21-16)22-14-2-1-11(7-19)12(5-14)8-20/h1-2,5,13,15-16,21-22H,3-4,6,9-10H2/t13?,15-,16-/m0/s1. The predicted molar refractivity (Wildman–Crippen MR) is 85.8 cm³/mol. The van der Waals surface area contributed by atoms with Gasteiger partial charge in [-0.2, -0.15) is 10.5 Å². The van der Waals surface area contributed by atoms with Crippen molar-refractivity contribution in [2.75, 3.05) is 25.0 Å². The van der Waals surface area contributed by atoms with E-state index in [0.29, 0.717) is 37.1 Å². The second kappa shape index (κ2) is 6.86. The lowest BCUT2D eigenvalue weighted by Gasteiger charge is -2.20. The molecule has 1 aromatic carbocycles. The van der Waals surface area contributed by atoms with Gasteiger partial charge in [-0.1, -0.05) is 0 Å². The third-order valence-corrected chi connectivity index (χ3v) is 4.50. The van der Waals surface area contributed by atoms with Crippen molar-refractivity contribution in [3.05, 3.63) is 29.3 Å². The first kappa shape index (κ1) is 16.2. The molecule has 2 N–H and O–H groups in total. The molecule has 0 radical (unpaired) electrons. The van der Waals surface area contributed by atoms with Crippen LogP contribution in [0.4, 0.5) is 10.1 Å². The van der Waals surface area contributed by atoms with E-state index in [0.717, 1.165) is 5.69 Å². The van der Waals surface area contributed by atoms with Gasteiger partial charge in [0.05, 0.1) is 23.7 Å². The van der Waals surface area contributed by atoms with Gasteiger partial charge in [0.15, 0.2) is 0 Å². The fraction of sp³-hybridized carbons (Fsp3) is 0.471. The molecular formula is C17H18FN5O. The maximum absolute atomic E-state index is 13.2. The first-order valence-electron chi connectivity index (χ1n) is 7.97. The fourth-order valence-electron chi connectivity index (χ4n) is 3.23. The SMILES string of the molecule is N#Cc1ccc(N[C@@H]2CN[C@H](C(=O)N3CCC(F)C3)C2)cc1C#N. The van der Waals surface area contributed by atoms with Crippen molar-refractivity contribution in [3.63, 3.8) is 0 Å². The highest BCUT2D eigenvalue weighted by Crippen LogP contribution is 2.20. The van der Waals surface area contributed by atoms with Gasteiger partial charge in [-0.25, -0.2) is 4.39 Å². The molecular weight excluding hydrogens is 309 g/mol. The van der Waals surface area contributed by atoms with Crippen LogP contribution in [0.2, 0.25) is 0 Å². The van der Waals surface area contributed by atoms with E-state index in [1.54, 1.807) is 23.1 Å². The number of anilines is 1. The number of nitrogens with one attached hydrogen (secondary N) is 2. The van der Waals surface area contributed by atoms with Crippen LogP contribution in [0.1, 0.15) is 24.0 Å². The minimum absolute atomic E-state index is 0.0437. The van der Waals surface area contributed by atoms with Gasteiger partial charge in [-0.3, -0.25) is 4.79 Å². The van der Waals surface area contributed by atoms with Crippen molar-refractivity contribution in [2.45, 2.75) is 31.1 Å². The maximum Gasteiger partial charge on any atom is 0.239 e. The summed E-state index contributed by atoms with van der Waals surface area (Å²) in [5, 5.41) is 24.5. The second-order valence-corrected chi connectivity index (χ2v) is 6.19. The summed E-state index contributed by atoms with van der Waals surface area (Å²) in [5.41, 5.74) is 1.41. The number of carbonyl (C=O) groups is 1. The number of likely N-dealkylation sites (tertiary alicyclic amines) is 1. The Labute approximate surface area is 139 Å². The third-order valence-electron chi connectivity index (χ3n) is 4.50. The van der Waals surface area contributed by atoms with Crippen LogP contribution in [-0.4, -0.2) is 48.7 Å². The van der Waals surface area contributed by atoms with Crippen molar-refractivity contribution in [3.8, 4) is 12.1 Å². The van der Waals surface area contributed by atoms with Crippen LogP contribution in [0.15, 0.2) is 18.2 Å². The maximum atomic E-state index is 13.2. The number of hydrogen-bond donors (Lipinski definition) is 2. The van der Waals surface area contributed by atoms with Gasteiger partial charge < -0.3 is 15.5 Å². The van der Waals surface area contributed by atoms with E-state index < -0.39 is 6.17 Å². The molecule has 0 saturated carbocycles. The number of hydrogen-bond acceptors (Lipinski definition) is 5. The largest absolute Gasteiger partial charge is 0.381 e. The smallest absolute Gasteiger partial charge is 0.239 e. The minimum Gasteiger partial charge on any atom is -0.381 e. The lowest BCUT2D eigenvalue weighted by atomic mass is 10.1. The predicted octanol–water partition coefficient (Wildman–Crippen LogP) is 1.14. The normalized spacial score (nSPS) is 26.0. The van der Waals surface area contributed by atoms with E-state index in [2.05, 4.69) is 10.6 Å². The van der Waals surface area contributed by atoms with Gasteiger partial charge >= 0.3 is 0 Å². The Bertz CT molecular complexity index is 723. The lowest BCUT2D eigenvalue weighted by molar-refractivity contribution is -0.132. The van der Waals surface area contributed by atoms with Crippen molar-refractivity contribution >= 4 is 11.6 Å². The van der Waals surface area contributed by atoms with Crippen molar-refractivity contribution < 1.29 is 9.18 Å². The van der Waals surface area contributed by atoms with E-state index in [1.807, 2.05) is 12.1 Å². The topological polar surface area (TPSA) is 91.9 Å². The number of amides is 1. The van der Waals surface area contributed by atoms with Crippen LogP contribution in [0.5, 0.6) is 0 Å². The fourth-order valence-corrected chi connectivity index (χ4v) is 3.23. The summed E-state index contributed by atoms with van der Waals surface area (Å²) in [6.07, 6.45) is 0.114. The average Bonchev–Trinajstić information content (AvgIpc) is 3.23. The summed E-state index contributed by atoms with van der Waals surface area (Å²) >= 11 is 0. The van der Waals surface area contributed by atoms with E-state index in [-0.39, 0.29) is 24.5 Å². The molecule has 24 heavy (non-hydrogen) atoms. The molecule has 2 saturated heterocycles. The number of nitrogens with zero attached hydrogens (tertiary/aromatic N) is 3. The highest BCUT2D eigenvalue weighted by atomic mass is 19.1.